The van der Waals surface area contributed by atoms with Crippen molar-refractivity contribution in [3.8, 4) is 0 Å². The van der Waals surface area contributed by atoms with Crippen molar-refractivity contribution in [2.45, 2.75) is 44.1 Å². The summed E-state index contributed by atoms with van der Waals surface area (Å²) in [5.74, 6) is 0. The highest BCUT2D eigenvalue weighted by atomic mass is 16.3. The zero-order valence-corrected chi connectivity index (χ0v) is 9.95. The first kappa shape index (κ1) is 11.6. The van der Waals surface area contributed by atoms with Gasteiger partial charge >= 0.3 is 0 Å². The van der Waals surface area contributed by atoms with Gasteiger partial charge in [0, 0.05) is 12.0 Å². The van der Waals surface area contributed by atoms with Crippen molar-refractivity contribution >= 4 is 0 Å². The van der Waals surface area contributed by atoms with Crippen molar-refractivity contribution in [2.75, 3.05) is 6.54 Å². The highest BCUT2D eigenvalue weighted by molar-refractivity contribution is 5.34. The average molecular weight is 219 g/mol. The standard InChI is InChI=1S/C14H21NO/c1-11-4-2-3-5-13(11)14(10-15)8-6-12(16)7-9-14/h2-5,12,16H,6-10,15H2,1H3. The van der Waals surface area contributed by atoms with Crippen LogP contribution in [0.5, 0.6) is 0 Å². The Balaban J connectivity index is 2.32. The Hall–Kier alpha value is -0.860. The maximum atomic E-state index is 9.61. The highest BCUT2D eigenvalue weighted by Gasteiger charge is 2.35. The van der Waals surface area contributed by atoms with Crippen LogP contribution in [0.15, 0.2) is 24.3 Å². The summed E-state index contributed by atoms with van der Waals surface area (Å²) >= 11 is 0. The summed E-state index contributed by atoms with van der Waals surface area (Å²) in [5.41, 5.74) is 8.81. The fraction of sp³-hybridized carbons (Fsp3) is 0.571. The SMILES string of the molecule is Cc1ccccc1C1(CN)CCC(O)CC1. The third-order valence-electron chi connectivity index (χ3n) is 4.02. The second kappa shape index (κ2) is 4.56. The van der Waals surface area contributed by atoms with E-state index < -0.39 is 0 Å². The number of rotatable bonds is 2. The van der Waals surface area contributed by atoms with Crippen LogP contribution in [0.2, 0.25) is 0 Å². The maximum Gasteiger partial charge on any atom is 0.0541 e. The van der Waals surface area contributed by atoms with Gasteiger partial charge in [-0.3, -0.25) is 0 Å². The molecule has 2 rings (SSSR count). The van der Waals surface area contributed by atoms with E-state index in [0.717, 1.165) is 25.7 Å². The first-order valence-electron chi connectivity index (χ1n) is 6.12. The number of hydrogen-bond donors (Lipinski definition) is 2. The van der Waals surface area contributed by atoms with Crippen LogP contribution >= 0.6 is 0 Å². The van der Waals surface area contributed by atoms with E-state index in [1.807, 2.05) is 0 Å². The molecule has 0 heterocycles. The second-order valence-electron chi connectivity index (χ2n) is 5.03. The Morgan fingerprint density at radius 2 is 1.94 bits per heavy atom. The van der Waals surface area contributed by atoms with Gasteiger partial charge in [-0.25, -0.2) is 0 Å². The molecule has 0 radical (unpaired) electrons. The molecule has 0 unspecified atom stereocenters. The van der Waals surface area contributed by atoms with E-state index >= 15 is 0 Å². The number of aliphatic hydroxyl groups excluding tert-OH is 1. The molecule has 0 spiro atoms. The molecule has 0 aliphatic heterocycles. The van der Waals surface area contributed by atoms with Crippen molar-refractivity contribution in [3.05, 3.63) is 35.4 Å². The highest BCUT2D eigenvalue weighted by Crippen LogP contribution is 2.39. The van der Waals surface area contributed by atoms with Gasteiger partial charge in [-0.2, -0.15) is 0 Å². The molecule has 0 aromatic heterocycles. The minimum absolute atomic E-state index is 0.102. The van der Waals surface area contributed by atoms with Crippen molar-refractivity contribution in [1.29, 1.82) is 0 Å². The van der Waals surface area contributed by atoms with Crippen LogP contribution in [0, 0.1) is 6.92 Å². The smallest absolute Gasteiger partial charge is 0.0541 e. The molecule has 2 nitrogen and oxygen atoms in total. The summed E-state index contributed by atoms with van der Waals surface area (Å²) in [7, 11) is 0. The van der Waals surface area contributed by atoms with Crippen molar-refractivity contribution in [3.63, 3.8) is 0 Å². The lowest BCUT2D eigenvalue weighted by atomic mass is 9.67. The summed E-state index contributed by atoms with van der Waals surface area (Å²) in [4.78, 5) is 0. The van der Waals surface area contributed by atoms with Crippen LogP contribution in [0.4, 0.5) is 0 Å². The van der Waals surface area contributed by atoms with Gasteiger partial charge in [-0.05, 0) is 43.7 Å². The van der Waals surface area contributed by atoms with Crippen LogP contribution < -0.4 is 5.73 Å². The predicted octanol–water partition coefficient (Wildman–Crippen LogP) is 2.13. The molecule has 1 saturated carbocycles. The molecular weight excluding hydrogens is 198 g/mol. The van der Waals surface area contributed by atoms with Gasteiger partial charge in [-0.1, -0.05) is 24.3 Å². The summed E-state index contributed by atoms with van der Waals surface area (Å²) < 4.78 is 0. The number of nitrogens with two attached hydrogens (primary N) is 1. The summed E-state index contributed by atoms with van der Waals surface area (Å²) in [6, 6.07) is 8.50. The van der Waals surface area contributed by atoms with Crippen LogP contribution in [0.3, 0.4) is 0 Å². The lowest BCUT2D eigenvalue weighted by Crippen LogP contribution is -2.40. The number of aliphatic hydroxyl groups is 1. The quantitative estimate of drug-likeness (QED) is 0.800. The summed E-state index contributed by atoms with van der Waals surface area (Å²) in [6.45, 7) is 2.84. The van der Waals surface area contributed by atoms with Gasteiger partial charge in [0.25, 0.3) is 0 Å². The van der Waals surface area contributed by atoms with Gasteiger partial charge < -0.3 is 10.8 Å². The zero-order valence-electron chi connectivity index (χ0n) is 9.95. The Morgan fingerprint density at radius 1 is 1.31 bits per heavy atom. The Morgan fingerprint density at radius 3 is 2.50 bits per heavy atom. The van der Waals surface area contributed by atoms with E-state index in [1.165, 1.54) is 11.1 Å². The van der Waals surface area contributed by atoms with Crippen LogP contribution in [0.25, 0.3) is 0 Å². The third kappa shape index (κ3) is 2.00. The van der Waals surface area contributed by atoms with Gasteiger partial charge in [0.05, 0.1) is 6.10 Å². The molecule has 1 aromatic rings. The molecule has 0 saturated heterocycles. The van der Waals surface area contributed by atoms with Gasteiger partial charge in [0.2, 0.25) is 0 Å². The molecular formula is C14H21NO. The molecule has 0 atom stereocenters. The van der Waals surface area contributed by atoms with Crippen molar-refractivity contribution in [2.24, 2.45) is 5.73 Å². The Bertz CT molecular complexity index is 354. The minimum atomic E-state index is -0.122. The van der Waals surface area contributed by atoms with E-state index in [4.69, 9.17) is 5.73 Å². The molecule has 2 heteroatoms. The lowest BCUT2D eigenvalue weighted by Gasteiger charge is -2.39. The average Bonchev–Trinajstić information content (AvgIpc) is 2.32. The minimum Gasteiger partial charge on any atom is -0.393 e. The fourth-order valence-electron chi connectivity index (χ4n) is 2.91. The van der Waals surface area contributed by atoms with Gasteiger partial charge in [0.15, 0.2) is 0 Å². The largest absolute Gasteiger partial charge is 0.393 e. The molecule has 1 aromatic carbocycles. The van der Waals surface area contributed by atoms with E-state index in [1.54, 1.807) is 0 Å². The summed E-state index contributed by atoms with van der Waals surface area (Å²) in [6.07, 6.45) is 3.66. The molecule has 0 bridgehead atoms. The number of benzene rings is 1. The molecule has 1 aliphatic rings. The molecule has 1 fully saturated rings. The van der Waals surface area contributed by atoms with E-state index in [2.05, 4.69) is 31.2 Å². The Labute approximate surface area is 97.5 Å². The normalized spacial score (nSPS) is 30.3. The monoisotopic (exact) mass is 219 g/mol. The second-order valence-corrected chi connectivity index (χ2v) is 5.03. The maximum absolute atomic E-state index is 9.61. The molecule has 16 heavy (non-hydrogen) atoms. The van der Waals surface area contributed by atoms with E-state index in [9.17, 15) is 5.11 Å². The predicted molar refractivity (Wildman–Crippen MR) is 66.4 cm³/mol. The van der Waals surface area contributed by atoms with Crippen LogP contribution in [-0.4, -0.2) is 17.8 Å². The summed E-state index contributed by atoms with van der Waals surface area (Å²) in [5, 5.41) is 9.61. The van der Waals surface area contributed by atoms with E-state index in [-0.39, 0.29) is 11.5 Å². The van der Waals surface area contributed by atoms with Gasteiger partial charge in [0.1, 0.15) is 0 Å². The number of aryl methyl sites for hydroxylation is 1. The third-order valence-corrected chi connectivity index (χ3v) is 4.02. The zero-order chi connectivity index (χ0) is 11.6. The molecule has 3 N–H and O–H groups in total. The lowest BCUT2D eigenvalue weighted by molar-refractivity contribution is 0.0973. The first-order valence-corrected chi connectivity index (χ1v) is 6.12. The van der Waals surface area contributed by atoms with Crippen molar-refractivity contribution < 1.29 is 5.11 Å². The Kier molecular flexibility index (Phi) is 3.31. The van der Waals surface area contributed by atoms with E-state index in [0.29, 0.717) is 6.54 Å². The topological polar surface area (TPSA) is 46.2 Å². The fourth-order valence-corrected chi connectivity index (χ4v) is 2.91. The first-order chi connectivity index (χ1) is 7.68. The van der Waals surface area contributed by atoms with Crippen LogP contribution in [0.1, 0.15) is 36.8 Å². The van der Waals surface area contributed by atoms with Gasteiger partial charge in [-0.15, -0.1) is 0 Å². The number of hydrogen-bond acceptors (Lipinski definition) is 2. The molecule has 88 valence electrons. The van der Waals surface area contributed by atoms with Crippen molar-refractivity contribution in [1.82, 2.24) is 0 Å². The molecule has 0 amide bonds. The van der Waals surface area contributed by atoms with Crippen LogP contribution in [-0.2, 0) is 5.41 Å². The molecule has 1 aliphatic carbocycles.